The fourth-order valence-electron chi connectivity index (χ4n) is 2.17. The number of hydrogen-bond acceptors (Lipinski definition) is 2. The lowest BCUT2D eigenvalue weighted by molar-refractivity contribution is 0.0665. The summed E-state index contributed by atoms with van der Waals surface area (Å²) in [7, 11) is 0. The van der Waals surface area contributed by atoms with Crippen LogP contribution in [0.1, 0.15) is 21.8 Å². The lowest BCUT2D eigenvalue weighted by atomic mass is 10.1. The van der Waals surface area contributed by atoms with Gasteiger partial charge >= 0.3 is 5.97 Å². The molecule has 0 radical (unpaired) electrons. The van der Waals surface area contributed by atoms with Crippen molar-refractivity contribution in [2.24, 2.45) is 0 Å². The molecule has 0 saturated heterocycles. The van der Waals surface area contributed by atoms with Crippen molar-refractivity contribution in [3.63, 3.8) is 0 Å². The number of aryl methyl sites for hydroxylation is 2. The van der Waals surface area contributed by atoms with Gasteiger partial charge in [-0.1, -0.05) is 0 Å². The van der Waals surface area contributed by atoms with Crippen LogP contribution in [0.3, 0.4) is 0 Å². The maximum Gasteiger partial charge on any atom is 0.371 e. The Hall–Kier alpha value is -2.23. The summed E-state index contributed by atoms with van der Waals surface area (Å²) in [5.74, 6) is -1.06. The van der Waals surface area contributed by atoms with E-state index in [9.17, 15) is 4.79 Å². The number of fused-ring (bicyclic) bond motifs is 3. The van der Waals surface area contributed by atoms with Crippen molar-refractivity contribution < 1.29 is 14.3 Å². The molecule has 0 fully saturated rings. The van der Waals surface area contributed by atoms with Crippen LogP contribution in [0.15, 0.2) is 22.6 Å². The molecule has 86 valence electrons. The number of nitrogens with one attached hydrogen (secondary N) is 1. The second-order valence-corrected chi connectivity index (χ2v) is 4.20. The van der Waals surface area contributed by atoms with Gasteiger partial charge < -0.3 is 14.5 Å². The fraction of sp³-hybridized carbons (Fsp3) is 0.154. The van der Waals surface area contributed by atoms with Gasteiger partial charge in [-0.2, -0.15) is 0 Å². The zero-order valence-corrected chi connectivity index (χ0v) is 9.50. The average molecular weight is 229 g/mol. The van der Waals surface area contributed by atoms with Gasteiger partial charge in [0.1, 0.15) is 5.58 Å². The summed E-state index contributed by atoms with van der Waals surface area (Å²) in [5.41, 5.74) is 3.78. The molecule has 4 heteroatoms. The molecule has 3 rings (SSSR count). The fourth-order valence-corrected chi connectivity index (χ4v) is 2.17. The number of carboxylic acid groups (broad SMARTS) is 1. The third kappa shape index (κ3) is 1.27. The predicted octanol–water partition coefficient (Wildman–Crippen LogP) is 3.23. The van der Waals surface area contributed by atoms with E-state index >= 15 is 0 Å². The van der Waals surface area contributed by atoms with Gasteiger partial charge in [-0.3, -0.25) is 0 Å². The molecule has 0 unspecified atom stereocenters. The topological polar surface area (TPSA) is 66.2 Å². The maximum absolute atomic E-state index is 10.9. The van der Waals surface area contributed by atoms with Gasteiger partial charge in [-0.05, 0) is 37.6 Å². The first-order chi connectivity index (χ1) is 8.08. The van der Waals surface area contributed by atoms with E-state index in [0.717, 1.165) is 27.5 Å². The highest BCUT2D eigenvalue weighted by atomic mass is 16.4. The molecule has 4 nitrogen and oxygen atoms in total. The van der Waals surface area contributed by atoms with Crippen molar-refractivity contribution >= 4 is 27.8 Å². The van der Waals surface area contributed by atoms with Crippen LogP contribution in [0.2, 0.25) is 0 Å². The number of H-pyrrole nitrogens is 1. The summed E-state index contributed by atoms with van der Waals surface area (Å²) in [6, 6.07) is 5.36. The minimum atomic E-state index is -1.04. The van der Waals surface area contributed by atoms with Crippen LogP contribution in [0, 0.1) is 13.8 Å². The highest BCUT2D eigenvalue weighted by Gasteiger charge is 2.15. The lowest BCUT2D eigenvalue weighted by Crippen LogP contribution is -1.91. The Kier molecular flexibility index (Phi) is 1.84. The maximum atomic E-state index is 10.9. The molecule has 2 aromatic heterocycles. The van der Waals surface area contributed by atoms with Crippen LogP contribution >= 0.6 is 0 Å². The molecular weight excluding hydrogens is 218 g/mol. The van der Waals surface area contributed by atoms with E-state index in [1.165, 1.54) is 0 Å². The molecular formula is C13H11NO3. The van der Waals surface area contributed by atoms with Crippen LogP contribution in [0.25, 0.3) is 21.9 Å². The largest absolute Gasteiger partial charge is 0.475 e. The Balaban J connectivity index is 2.49. The molecule has 0 bridgehead atoms. The third-order valence-electron chi connectivity index (χ3n) is 3.16. The highest BCUT2D eigenvalue weighted by molar-refractivity contribution is 6.07. The van der Waals surface area contributed by atoms with Gasteiger partial charge in [-0.15, -0.1) is 0 Å². The van der Waals surface area contributed by atoms with Crippen molar-refractivity contribution in [2.45, 2.75) is 13.8 Å². The molecule has 0 aliphatic carbocycles. The van der Waals surface area contributed by atoms with Crippen molar-refractivity contribution in [2.75, 3.05) is 0 Å². The molecule has 17 heavy (non-hydrogen) atoms. The number of aromatic nitrogens is 1. The van der Waals surface area contributed by atoms with Crippen LogP contribution in [-0.4, -0.2) is 16.1 Å². The summed E-state index contributed by atoms with van der Waals surface area (Å²) in [5, 5.41) is 10.7. The molecule has 0 aliphatic rings. The van der Waals surface area contributed by atoms with Crippen LogP contribution in [0.4, 0.5) is 0 Å². The molecule has 2 heterocycles. The van der Waals surface area contributed by atoms with E-state index in [2.05, 4.69) is 4.98 Å². The number of benzene rings is 1. The van der Waals surface area contributed by atoms with Gasteiger partial charge in [-0.25, -0.2) is 4.79 Å². The second-order valence-electron chi connectivity index (χ2n) is 4.20. The first-order valence-electron chi connectivity index (χ1n) is 5.32. The van der Waals surface area contributed by atoms with E-state index in [4.69, 9.17) is 9.52 Å². The van der Waals surface area contributed by atoms with Crippen LogP contribution in [-0.2, 0) is 0 Å². The lowest BCUT2D eigenvalue weighted by Gasteiger charge is -1.93. The molecule has 2 N–H and O–H groups in total. The van der Waals surface area contributed by atoms with Gasteiger partial charge in [0.15, 0.2) is 0 Å². The van der Waals surface area contributed by atoms with Crippen molar-refractivity contribution in [3.8, 4) is 0 Å². The standard InChI is InChI=1S/C13H11NO3/c1-6-7(2)14-9-4-3-8-5-10(13(15)16)17-12(8)11(6)9/h3-5,14H,1-2H3,(H,15,16). The molecule has 0 aliphatic heterocycles. The highest BCUT2D eigenvalue weighted by Crippen LogP contribution is 2.31. The van der Waals surface area contributed by atoms with E-state index in [-0.39, 0.29) is 5.76 Å². The smallest absolute Gasteiger partial charge is 0.371 e. The van der Waals surface area contributed by atoms with Gasteiger partial charge in [0.2, 0.25) is 5.76 Å². The van der Waals surface area contributed by atoms with Crippen LogP contribution < -0.4 is 0 Å². The zero-order valence-electron chi connectivity index (χ0n) is 9.50. The Bertz CT molecular complexity index is 749. The first-order valence-corrected chi connectivity index (χ1v) is 5.32. The summed E-state index contributed by atoms with van der Waals surface area (Å²) >= 11 is 0. The SMILES string of the molecule is Cc1[nH]c2ccc3cc(C(=O)O)oc3c2c1C. The quantitative estimate of drug-likeness (QED) is 0.673. The van der Waals surface area contributed by atoms with Gasteiger partial charge in [0.25, 0.3) is 0 Å². The number of furan rings is 1. The molecule has 0 amide bonds. The summed E-state index contributed by atoms with van der Waals surface area (Å²) in [6.07, 6.45) is 0. The number of aromatic carboxylic acids is 1. The molecule has 0 atom stereocenters. The van der Waals surface area contributed by atoms with E-state index in [1.54, 1.807) is 6.07 Å². The summed E-state index contributed by atoms with van der Waals surface area (Å²) in [4.78, 5) is 14.1. The van der Waals surface area contributed by atoms with Gasteiger partial charge in [0, 0.05) is 22.0 Å². The molecule has 3 aromatic rings. The monoisotopic (exact) mass is 229 g/mol. The Morgan fingerprint density at radius 1 is 1.35 bits per heavy atom. The first kappa shape index (κ1) is 9.96. The number of carboxylic acids is 1. The Morgan fingerprint density at radius 3 is 2.82 bits per heavy atom. The van der Waals surface area contributed by atoms with E-state index in [0.29, 0.717) is 5.58 Å². The number of hydrogen-bond donors (Lipinski definition) is 2. The second kappa shape index (κ2) is 3.13. The summed E-state index contributed by atoms with van der Waals surface area (Å²) < 4.78 is 5.42. The Morgan fingerprint density at radius 2 is 2.12 bits per heavy atom. The third-order valence-corrected chi connectivity index (χ3v) is 3.16. The van der Waals surface area contributed by atoms with Crippen molar-refractivity contribution in [1.29, 1.82) is 0 Å². The van der Waals surface area contributed by atoms with Crippen molar-refractivity contribution in [3.05, 3.63) is 35.2 Å². The van der Waals surface area contributed by atoms with E-state index in [1.807, 2.05) is 26.0 Å². The summed E-state index contributed by atoms with van der Waals surface area (Å²) in [6.45, 7) is 3.98. The minimum Gasteiger partial charge on any atom is -0.475 e. The molecule has 0 saturated carbocycles. The predicted molar refractivity (Wildman–Crippen MR) is 64.5 cm³/mol. The molecule has 0 spiro atoms. The van der Waals surface area contributed by atoms with Crippen molar-refractivity contribution in [1.82, 2.24) is 4.98 Å². The number of carbonyl (C=O) groups is 1. The average Bonchev–Trinajstić information content (AvgIpc) is 2.81. The minimum absolute atomic E-state index is 0.0225. The number of aromatic amines is 1. The normalized spacial score (nSPS) is 11.4. The Labute approximate surface area is 96.8 Å². The van der Waals surface area contributed by atoms with E-state index < -0.39 is 5.97 Å². The number of rotatable bonds is 1. The molecule has 1 aromatic carbocycles. The van der Waals surface area contributed by atoms with Crippen LogP contribution in [0.5, 0.6) is 0 Å². The zero-order chi connectivity index (χ0) is 12.2. The van der Waals surface area contributed by atoms with Gasteiger partial charge in [0.05, 0.1) is 0 Å².